The molecule has 0 fully saturated rings. The van der Waals surface area contributed by atoms with Crippen LogP contribution in [0.1, 0.15) is 35.2 Å². The molecule has 0 bridgehead atoms. The highest BCUT2D eigenvalue weighted by atomic mass is 32.2. The zero-order valence-electron chi connectivity index (χ0n) is 16.1. The number of benzene rings is 2. The predicted octanol–water partition coefficient (Wildman–Crippen LogP) is 4.10. The average Bonchev–Trinajstić information content (AvgIpc) is 2.73. The molecule has 1 N–H and O–H groups in total. The first-order valence-corrected chi connectivity index (χ1v) is 10.7. The molecule has 0 radical (unpaired) electrons. The number of nitrogens with zero attached hydrogens (tertiary/aromatic N) is 2. The van der Waals surface area contributed by atoms with Gasteiger partial charge in [-0.2, -0.15) is 5.26 Å². The van der Waals surface area contributed by atoms with Crippen molar-refractivity contribution in [2.75, 3.05) is 5.75 Å². The van der Waals surface area contributed by atoms with Gasteiger partial charge in [-0.3, -0.25) is 4.98 Å². The van der Waals surface area contributed by atoms with Crippen LogP contribution in [0, 0.1) is 24.1 Å². The van der Waals surface area contributed by atoms with Crippen molar-refractivity contribution in [1.29, 1.82) is 5.26 Å². The summed E-state index contributed by atoms with van der Waals surface area (Å²) in [6, 6.07) is 14.4. The van der Waals surface area contributed by atoms with Gasteiger partial charge in [0.15, 0.2) is 0 Å². The number of hydrogen-bond acceptors (Lipinski definition) is 4. The molecule has 0 saturated heterocycles. The van der Waals surface area contributed by atoms with E-state index < -0.39 is 21.9 Å². The van der Waals surface area contributed by atoms with Crippen LogP contribution in [0.25, 0.3) is 11.1 Å². The van der Waals surface area contributed by atoms with E-state index in [0.717, 1.165) is 16.7 Å². The number of pyridine rings is 1. The highest BCUT2D eigenvalue weighted by molar-refractivity contribution is 7.89. The van der Waals surface area contributed by atoms with Crippen molar-refractivity contribution >= 4 is 10.0 Å². The van der Waals surface area contributed by atoms with Gasteiger partial charge < -0.3 is 0 Å². The lowest BCUT2D eigenvalue weighted by atomic mass is 9.96. The van der Waals surface area contributed by atoms with Gasteiger partial charge in [0.2, 0.25) is 10.0 Å². The fourth-order valence-electron chi connectivity index (χ4n) is 2.99. The third-order valence-electron chi connectivity index (χ3n) is 4.65. The lowest BCUT2D eigenvalue weighted by Crippen LogP contribution is -2.30. The van der Waals surface area contributed by atoms with E-state index in [1.54, 1.807) is 37.5 Å². The van der Waals surface area contributed by atoms with E-state index in [4.69, 9.17) is 5.26 Å². The SMILES string of the molecule is CCS(=O)(=O)NC(c1ccc(F)cc1)c1cncc(-c2ccc(C#N)c(C)c2)c1. The zero-order chi connectivity index (χ0) is 21.0. The molecule has 0 aliphatic heterocycles. The molecule has 1 unspecified atom stereocenters. The number of nitrogens with one attached hydrogen (secondary N) is 1. The summed E-state index contributed by atoms with van der Waals surface area (Å²) < 4.78 is 40.6. The van der Waals surface area contributed by atoms with Crippen LogP contribution in [0.3, 0.4) is 0 Å². The topological polar surface area (TPSA) is 82.8 Å². The van der Waals surface area contributed by atoms with E-state index in [2.05, 4.69) is 15.8 Å². The second-order valence-corrected chi connectivity index (χ2v) is 8.70. The number of hydrogen-bond donors (Lipinski definition) is 1. The fraction of sp³-hybridized carbons (Fsp3) is 0.182. The summed E-state index contributed by atoms with van der Waals surface area (Å²) >= 11 is 0. The molecule has 3 rings (SSSR count). The summed E-state index contributed by atoms with van der Waals surface area (Å²) in [7, 11) is -3.53. The molecule has 0 saturated carbocycles. The lowest BCUT2D eigenvalue weighted by molar-refractivity contribution is 0.573. The Hall–Kier alpha value is -3.08. The third-order valence-corrected chi connectivity index (χ3v) is 6.01. The van der Waals surface area contributed by atoms with Gasteiger partial charge in [-0.05, 0) is 60.4 Å². The van der Waals surface area contributed by atoms with Crippen LogP contribution in [-0.4, -0.2) is 19.2 Å². The smallest absolute Gasteiger partial charge is 0.212 e. The van der Waals surface area contributed by atoms with Crippen LogP contribution in [0.15, 0.2) is 60.9 Å². The van der Waals surface area contributed by atoms with Gasteiger partial charge in [0, 0.05) is 18.0 Å². The Labute approximate surface area is 169 Å². The molecule has 0 aliphatic carbocycles. The van der Waals surface area contributed by atoms with Gasteiger partial charge >= 0.3 is 0 Å². The Morgan fingerprint density at radius 3 is 2.41 bits per heavy atom. The summed E-state index contributed by atoms with van der Waals surface area (Å²) in [5, 5.41) is 9.12. The number of rotatable bonds is 6. The van der Waals surface area contributed by atoms with Crippen LogP contribution in [-0.2, 0) is 10.0 Å². The first-order valence-electron chi connectivity index (χ1n) is 9.04. The number of nitriles is 1. The van der Waals surface area contributed by atoms with E-state index in [9.17, 15) is 12.8 Å². The first kappa shape index (κ1) is 20.6. The maximum Gasteiger partial charge on any atom is 0.212 e. The van der Waals surface area contributed by atoms with E-state index in [-0.39, 0.29) is 5.75 Å². The van der Waals surface area contributed by atoms with Crippen molar-refractivity contribution in [3.63, 3.8) is 0 Å². The molecule has 0 spiro atoms. The highest BCUT2D eigenvalue weighted by Crippen LogP contribution is 2.28. The molecule has 29 heavy (non-hydrogen) atoms. The van der Waals surface area contributed by atoms with Crippen LogP contribution in [0.2, 0.25) is 0 Å². The van der Waals surface area contributed by atoms with Gasteiger partial charge in [0.05, 0.1) is 23.4 Å². The molecule has 2 aromatic carbocycles. The van der Waals surface area contributed by atoms with Gasteiger partial charge in [0.25, 0.3) is 0 Å². The molecule has 5 nitrogen and oxygen atoms in total. The van der Waals surface area contributed by atoms with E-state index in [1.807, 2.05) is 25.1 Å². The summed E-state index contributed by atoms with van der Waals surface area (Å²) in [6.45, 7) is 3.41. The van der Waals surface area contributed by atoms with Gasteiger partial charge in [-0.15, -0.1) is 0 Å². The molecular weight excluding hydrogens is 389 g/mol. The lowest BCUT2D eigenvalue weighted by Gasteiger charge is -2.20. The standard InChI is InChI=1S/C22H20FN3O2S/c1-3-29(27,28)26-22(16-6-8-21(23)9-7-16)20-11-19(13-25-14-20)17-4-5-18(12-24)15(2)10-17/h4-11,13-14,22,26H,3H2,1-2H3. The van der Waals surface area contributed by atoms with E-state index >= 15 is 0 Å². The Morgan fingerprint density at radius 2 is 1.79 bits per heavy atom. The van der Waals surface area contributed by atoms with Crippen LogP contribution in [0.4, 0.5) is 4.39 Å². The van der Waals surface area contributed by atoms with Crippen molar-refractivity contribution in [2.24, 2.45) is 0 Å². The number of sulfonamides is 1. The van der Waals surface area contributed by atoms with Crippen molar-refractivity contribution in [1.82, 2.24) is 9.71 Å². The number of halogens is 1. The molecule has 1 aromatic heterocycles. The molecule has 148 valence electrons. The van der Waals surface area contributed by atoms with Crippen molar-refractivity contribution in [3.8, 4) is 17.2 Å². The molecule has 0 aliphatic rings. The Kier molecular flexibility index (Phi) is 6.06. The van der Waals surface area contributed by atoms with Crippen LogP contribution in [0.5, 0.6) is 0 Å². The minimum absolute atomic E-state index is 0.0768. The van der Waals surface area contributed by atoms with Crippen LogP contribution < -0.4 is 4.72 Å². The molecule has 1 atom stereocenters. The molecule has 0 amide bonds. The summed E-state index contributed by atoms with van der Waals surface area (Å²) in [5.74, 6) is -0.474. The van der Waals surface area contributed by atoms with Gasteiger partial charge in [-0.1, -0.05) is 24.3 Å². The molecule has 1 heterocycles. The summed E-state index contributed by atoms with van der Waals surface area (Å²) in [5.41, 5.74) is 4.34. The Bertz CT molecular complexity index is 1170. The maximum atomic E-state index is 13.4. The van der Waals surface area contributed by atoms with Crippen molar-refractivity contribution < 1.29 is 12.8 Å². The maximum absolute atomic E-state index is 13.4. The monoisotopic (exact) mass is 409 g/mol. The Morgan fingerprint density at radius 1 is 1.07 bits per heavy atom. The van der Waals surface area contributed by atoms with Crippen molar-refractivity contribution in [3.05, 3.63) is 89.0 Å². The summed E-state index contributed by atoms with van der Waals surface area (Å²) in [4.78, 5) is 4.28. The number of aryl methyl sites for hydroxylation is 1. The normalized spacial score (nSPS) is 12.3. The third kappa shape index (κ3) is 4.86. The highest BCUT2D eigenvalue weighted by Gasteiger charge is 2.21. The second-order valence-electron chi connectivity index (χ2n) is 6.65. The number of aromatic nitrogens is 1. The Balaban J connectivity index is 2.07. The molecule has 3 aromatic rings. The minimum Gasteiger partial charge on any atom is -0.264 e. The summed E-state index contributed by atoms with van der Waals surface area (Å²) in [6.07, 6.45) is 3.27. The first-order chi connectivity index (χ1) is 13.8. The zero-order valence-corrected chi connectivity index (χ0v) is 16.9. The minimum atomic E-state index is -3.53. The van der Waals surface area contributed by atoms with Gasteiger partial charge in [-0.25, -0.2) is 17.5 Å². The van der Waals surface area contributed by atoms with Crippen LogP contribution >= 0.6 is 0 Å². The van der Waals surface area contributed by atoms with Gasteiger partial charge in [0.1, 0.15) is 5.82 Å². The fourth-order valence-corrected chi connectivity index (χ4v) is 3.79. The predicted molar refractivity (Wildman–Crippen MR) is 110 cm³/mol. The van der Waals surface area contributed by atoms with Crippen molar-refractivity contribution in [2.45, 2.75) is 19.9 Å². The molecule has 7 heteroatoms. The molecular formula is C22H20FN3O2S. The quantitative estimate of drug-likeness (QED) is 0.665. The second kappa shape index (κ2) is 8.52. The largest absolute Gasteiger partial charge is 0.264 e. The van der Waals surface area contributed by atoms with E-state index in [1.165, 1.54) is 12.1 Å². The average molecular weight is 409 g/mol. The van der Waals surface area contributed by atoms with E-state index in [0.29, 0.717) is 16.7 Å².